The Balaban J connectivity index is 1.23. The SMILES string of the molecule is C=CC(=O)N1CC2CN(c3cc(-c4noc([C@H]5CCCc6sc(N)c(C#N)c65)n4)nc(N4CCCN(C)C[C@@H]4C)n3)CC2C1. The van der Waals surface area contributed by atoms with Crippen molar-refractivity contribution in [3.8, 4) is 17.6 Å². The summed E-state index contributed by atoms with van der Waals surface area (Å²) >= 11 is 1.49. The Hall–Kier alpha value is -4.02. The van der Waals surface area contributed by atoms with E-state index in [4.69, 9.17) is 25.2 Å². The van der Waals surface area contributed by atoms with Crippen LogP contribution in [0.1, 0.15) is 54.0 Å². The van der Waals surface area contributed by atoms with Gasteiger partial charge in [-0.05, 0) is 57.8 Å². The number of nitrogen functional groups attached to an aromatic ring is 1. The molecule has 0 spiro atoms. The van der Waals surface area contributed by atoms with E-state index in [1.807, 2.05) is 11.0 Å². The first kappa shape index (κ1) is 28.7. The number of nitrogens with zero attached hydrogens (tertiary/aromatic N) is 9. The minimum Gasteiger partial charge on any atom is -0.389 e. The molecule has 0 aromatic carbocycles. The number of nitriles is 1. The fraction of sp³-hybridized carbons (Fsp3) is 0.548. The molecule has 0 saturated carbocycles. The van der Waals surface area contributed by atoms with E-state index in [1.54, 1.807) is 0 Å². The lowest BCUT2D eigenvalue weighted by molar-refractivity contribution is -0.125. The Morgan fingerprint density at radius 1 is 1.16 bits per heavy atom. The first-order chi connectivity index (χ1) is 21.3. The molecule has 2 N–H and O–H groups in total. The number of likely N-dealkylation sites (tertiary alicyclic amines) is 1. The molecule has 12 nitrogen and oxygen atoms in total. The van der Waals surface area contributed by atoms with Gasteiger partial charge in [-0.1, -0.05) is 11.7 Å². The second-order valence-corrected chi connectivity index (χ2v) is 13.8. The van der Waals surface area contributed by atoms with E-state index in [-0.39, 0.29) is 17.9 Å². The second-order valence-electron chi connectivity index (χ2n) is 12.6. The smallest absolute Gasteiger partial charge is 0.245 e. The van der Waals surface area contributed by atoms with Crippen molar-refractivity contribution < 1.29 is 9.32 Å². The molecule has 3 aromatic heterocycles. The largest absolute Gasteiger partial charge is 0.389 e. The molecule has 1 amide bonds. The van der Waals surface area contributed by atoms with E-state index < -0.39 is 0 Å². The van der Waals surface area contributed by atoms with E-state index in [0.717, 1.165) is 87.8 Å². The van der Waals surface area contributed by atoms with Gasteiger partial charge in [0, 0.05) is 68.1 Å². The molecule has 4 aliphatic rings. The Bertz CT molecular complexity index is 1610. The second kappa shape index (κ2) is 11.5. The van der Waals surface area contributed by atoms with Crippen molar-refractivity contribution in [2.75, 3.05) is 68.4 Å². The van der Waals surface area contributed by atoms with Crippen LogP contribution in [0.3, 0.4) is 0 Å². The summed E-state index contributed by atoms with van der Waals surface area (Å²) in [5, 5.41) is 14.8. The molecule has 3 saturated heterocycles. The fourth-order valence-electron chi connectivity index (χ4n) is 7.50. The van der Waals surface area contributed by atoms with Crippen molar-refractivity contribution in [1.82, 2.24) is 29.9 Å². The summed E-state index contributed by atoms with van der Waals surface area (Å²) in [6.45, 7) is 11.8. The van der Waals surface area contributed by atoms with Gasteiger partial charge in [0.05, 0.1) is 11.5 Å². The number of nitrogens with two attached hydrogens (primary N) is 1. The third-order valence-corrected chi connectivity index (χ3v) is 10.8. The number of anilines is 3. The number of fused-ring (bicyclic) bond motifs is 2. The Morgan fingerprint density at radius 2 is 1.95 bits per heavy atom. The van der Waals surface area contributed by atoms with Crippen LogP contribution < -0.4 is 15.5 Å². The van der Waals surface area contributed by atoms with Crippen LogP contribution in [0.25, 0.3) is 11.5 Å². The van der Waals surface area contributed by atoms with E-state index >= 15 is 0 Å². The van der Waals surface area contributed by atoms with Crippen LogP contribution in [0, 0.1) is 23.2 Å². The molecular formula is C31H38N10O2S. The molecule has 6 heterocycles. The normalized spacial score (nSPS) is 25.4. The summed E-state index contributed by atoms with van der Waals surface area (Å²) in [6.07, 6.45) is 5.12. The van der Waals surface area contributed by atoms with Gasteiger partial charge in [-0.25, -0.2) is 4.98 Å². The minimum atomic E-state index is -0.163. The van der Waals surface area contributed by atoms with E-state index in [0.29, 0.717) is 45.8 Å². The van der Waals surface area contributed by atoms with Gasteiger partial charge in [0.25, 0.3) is 0 Å². The average molecular weight is 615 g/mol. The van der Waals surface area contributed by atoms with Crippen LogP contribution in [-0.4, -0.2) is 94.7 Å². The molecular weight excluding hydrogens is 576 g/mol. The summed E-state index contributed by atoms with van der Waals surface area (Å²) in [5.74, 6) is 3.03. The van der Waals surface area contributed by atoms with Gasteiger partial charge < -0.3 is 29.9 Å². The summed E-state index contributed by atoms with van der Waals surface area (Å²) in [4.78, 5) is 37.3. The van der Waals surface area contributed by atoms with Gasteiger partial charge in [0.2, 0.25) is 23.6 Å². The summed E-state index contributed by atoms with van der Waals surface area (Å²) in [7, 11) is 2.16. The van der Waals surface area contributed by atoms with Crippen molar-refractivity contribution in [3.63, 3.8) is 0 Å². The molecule has 0 radical (unpaired) electrons. The van der Waals surface area contributed by atoms with Crippen LogP contribution >= 0.6 is 11.3 Å². The standard InChI is InChI=1S/C31H38N10O2S/c1-4-26(42)40-16-19-14-39(15-20(19)17-40)25-11-23(34-31(35-25)41-10-6-9-38(3)13-18(41)2)29-36-30(43-37-29)21-7-5-8-24-27(21)22(12-32)28(33)44-24/h4,11,18-21H,1,5-10,13-17,33H2,2-3H3/t18-,19?,20?,21-/m0/s1. The lowest BCUT2D eigenvalue weighted by Crippen LogP contribution is -2.39. The number of likely N-dealkylation sites (N-methyl/N-ethyl adjacent to an activating group) is 1. The molecule has 230 valence electrons. The molecule has 1 aliphatic carbocycles. The van der Waals surface area contributed by atoms with E-state index in [1.165, 1.54) is 17.4 Å². The van der Waals surface area contributed by atoms with Crippen molar-refractivity contribution in [2.24, 2.45) is 11.8 Å². The number of aryl methyl sites for hydroxylation is 1. The molecule has 3 aromatic rings. The van der Waals surface area contributed by atoms with Crippen molar-refractivity contribution >= 4 is 34.0 Å². The topological polar surface area (TPSA) is 145 Å². The third-order valence-electron chi connectivity index (χ3n) is 9.68. The molecule has 13 heteroatoms. The Kier molecular flexibility index (Phi) is 7.50. The molecule has 3 aliphatic heterocycles. The number of amides is 1. The van der Waals surface area contributed by atoms with Crippen LogP contribution in [0.15, 0.2) is 23.2 Å². The van der Waals surface area contributed by atoms with Crippen molar-refractivity contribution in [3.05, 3.63) is 40.6 Å². The number of aromatic nitrogens is 4. The van der Waals surface area contributed by atoms with E-state index in [9.17, 15) is 10.1 Å². The predicted molar refractivity (Wildman–Crippen MR) is 168 cm³/mol. The number of hydrogen-bond donors (Lipinski definition) is 1. The van der Waals surface area contributed by atoms with Crippen LogP contribution in [0.2, 0.25) is 0 Å². The lowest BCUT2D eigenvalue weighted by atomic mass is 9.85. The predicted octanol–water partition coefficient (Wildman–Crippen LogP) is 3.12. The average Bonchev–Trinajstić information content (AvgIpc) is 3.78. The highest BCUT2D eigenvalue weighted by Gasteiger charge is 2.42. The van der Waals surface area contributed by atoms with Crippen LogP contribution in [0.4, 0.5) is 16.8 Å². The maximum Gasteiger partial charge on any atom is 0.245 e. The summed E-state index contributed by atoms with van der Waals surface area (Å²) in [5.41, 5.74) is 8.30. The van der Waals surface area contributed by atoms with Gasteiger partial charge in [-0.3, -0.25) is 4.79 Å². The summed E-state index contributed by atoms with van der Waals surface area (Å²) in [6, 6.07) is 4.50. The fourth-order valence-corrected chi connectivity index (χ4v) is 8.63. The number of carbonyl (C=O) groups is 1. The van der Waals surface area contributed by atoms with Gasteiger partial charge in [0.15, 0.2) is 0 Å². The molecule has 0 bridgehead atoms. The minimum absolute atomic E-state index is 0.00250. The zero-order chi connectivity index (χ0) is 30.5. The zero-order valence-corrected chi connectivity index (χ0v) is 26.1. The molecule has 44 heavy (non-hydrogen) atoms. The van der Waals surface area contributed by atoms with Gasteiger partial charge in [-0.15, -0.1) is 11.3 Å². The zero-order valence-electron chi connectivity index (χ0n) is 25.3. The highest BCUT2D eigenvalue weighted by atomic mass is 32.1. The van der Waals surface area contributed by atoms with E-state index in [2.05, 4.69) is 46.5 Å². The molecule has 2 unspecified atom stereocenters. The van der Waals surface area contributed by atoms with Crippen LogP contribution in [-0.2, 0) is 11.2 Å². The van der Waals surface area contributed by atoms with Gasteiger partial charge in [0.1, 0.15) is 22.6 Å². The Labute approximate surface area is 261 Å². The van der Waals surface area contributed by atoms with Gasteiger partial charge >= 0.3 is 0 Å². The monoisotopic (exact) mass is 614 g/mol. The lowest BCUT2D eigenvalue weighted by Gasteiger charge is -2.29. The number of carbonyl (C=O) groups excluding carboxylic acids is 1. The molecule has 3 fully saturated rings. The van der Waals surface area contributed by atoms with Crippen molar-refractivity contribution in [1.29, 1.82) is 5.26 Å². The van der Waals surface area contributed by atoms with Gasteiger partial charge in [-0.2, -0.15) is 15.2 Å². The number of rotatable bonds is 5. The highest BCUT2D eigenvalue weighted by Crippen LogP contribution is 2.45. The van der Waals surface area contributed by atoms with Crippen molar-refractivity contribution in [2.45, 2.75) is 44.6 Å². The van der Waals surface area contributed by atoms with Crippen LogP contribution in [0.5, 0.6) is 0 Å². The first-order valence-corrected chi connectivity index (χ1v) is 16.3. The molecule has 7 rings (SSSR count). The molecule has 4 atom stereocenters. The highest BCUT2D eigenvalue weighted by molar-refractivity contribution is 7.16. The summed E-state index contributed by atoms with van der Waals surface area (Å²) < 4.78 is 5.89. The number of thiophene rings is 1. The Morgan fingerprint density at radius 3 is 2.70 bits per heavy atom. The maximum atomic E-state index is 12.2. The quantitative estimate of drug-likeness (QED) is 0.423. The number of hydrogen-bond acceptors (Lipinski definition) is 12. The first-order valence-electron chi connectivity index (χ1n) is 15.5. The third kappa shape index (κ3) is 5.09. The maximum absolute atomic E-state index is 12.2.